The van der Waals surface area contributed by atoms with E-state index in [0.29, 0.717) is 0 Å². The van der Waals surface area contributed by atoms with Crippen LogP contribution in [0.1, 0.15) is 0 Å². The summed E-state index contributed by atoms with van der Waals surface area (Å²) in [5, 5.41) is 4.81. The van der Waals surface area contributed by atoms with Gasteiger partial charge in [-0.1, -0.05) is 176 Å². The molecule has 0 amide bonds. The number of rotatable bonds is 9. The Morgan fingerprint density at radius 2 is 0.638 bits per heavy atom. The Bertz CT molecular complexity index is 2960. The maximum atomic E-state index is 2.40. The van der Waals surface area contributed by atoms with Crippen LogP contribution in [0.2, 0.25) is 0 Å². The van der Waals surface area contributed by atoms with Gasteiger partial charge in [0.2, 0.25) is 0 Å². The number of benzene rings is 10. The van der Waals surface area contributed by atoms with Crippen LogP contribution in [-0.4, -0.2) is 0 Å². The van der Waals surface area contributed by atoms with E-state index < -0.39 is 0 Å². The molecule has 0 aliphatic rings. The van der Waals surface area contributed by atoms with Crippen LogP contribution >= 0.6 is 0 Å². The third-order valence-corrected chi connectivity index (χ3v) is 11.0. The molecule has 58 heavy (non-hydrogen) atoms. The van der Waals surface area contributed by atoms with Gasteiger partial charge < -0.3 is 9.80 Å². The largest absolute Gasteiger partial charge is 0.310 e. The van der Waals surface area contributed by atoms with Crippen molar-refractivity contribution in [2.45, 2.75) is 0 Å². The molecule has 0 fully saturated rings. The van der Waals surface area contributed by atoms with Gasteiger partial charge in [-0.25, -0.2) is 0 Å². The highest BCUT2D eigenvalue weighted by Crippen LogP contribution is 2.45. The van der Waals surface area contributed by atoms with Gasteiger partial charge in [-0.15, -0.1) is 0 Å². The third-order valence-electron chi connectivity index (χ3n) is 11.0. The number of hydrogen-bond acceptors (Lipinski definition) is 2. The second-order valence-electron chi connectivity index (χ2n) is 14.6. The van der Waals surface area contributed by atoms with Gasteiger partial charge in [-0.3, -0.25) is 0 Å². The smallest absolute Gasteiger partial charge is 0.0547 e. The SMILES string of the molecule is c1ccc(-c2ccc(N(c3ccccc3)c3cc4ccccc4c4ccc(N(c5ccccc5)c5ccc(-c6ccccc6-c6ccccc6)cc5)cc34)cc2)cc1. The molecule has 2 nitrogen and oxygen atoms in total. The van der Waals surface area contributed by atoms with Gasteiger partial charge >= 0.3 is 0 Å². The fourth-order valence-corrected chi connectivity index (χ4v) is 8.25. The molecule has 10 rings (SSSR count). The van der Waals surface area contributed by atoms with Gasteiger partial charge in [0.25, 0.3) is 0 Å². The highest BCUT2D eigenvalue weighted by atomic mass is 15.2. The number of para-hydroxylation sites is 2. The first-order valence-electron chi connectivity index (χ1n) is 19.8. The van der Waals surface area contributed by atoms with E-state index in [9.17, 15) is 0 Å². The van der Waals surface area contributed by atoms with Gasteiger partial charge in [0.05, 0.1) is 5.69 Å². The Morgan fingerprint density at radius 3 is 1.26 bits per heavy atom. The van der Waals surface area contributed by atoms with Crippen molar-refractivity contribution in [1.82, 2.24) is 0 Å². The van der Waals surface area contributed by atoms with E-state index in [1.807, 2.05) is 0 Å². The van der Waals surface area contributed by atoms with Crippen molar-refractivity contribution < 1.29 is 0 Å². The van der Waals surface area contributed by atoms with E-state index >= 15 is 0 Å². The topological polar surface area (TPSA) is 6.48 Å². The van der Waals surface area contributed by atoms with Crippen molar-refractivity contribution in [1.29, 1.82) is 0 Å². The summed E-state index contributed by atoms with van der Waals surface area (Å²) in [7, 11) is 0. The molecule has 0 saturated heterocycles. The molecule has 0 radical (unpaired) electrons. The number of nitrogens with zero attached hydrogens (tertiary/aromatic N) is 2. The van der Waals surface area contributed by atoms with Crippen LogP contribution in [0.5, 0.6) is 0 Å². The summed E-state index contributed by atoms with van der Waals surface area (Å²) in [5.41, 5.74) is 13.8. The fraction of sp³-hybridized carbons (Fsp3) is 0. The van der Waals surface area contributed by atoms with Crippen LogP contribution < -0.4 is 9.80 Å². The lowest BCUT2D eigenvalue weighted by Crippen LogP contribution is -2.12. The molecule has 0 heterocycles. The molecule has 0 atom stereocenters. The van der Waals surface area contributed by atoms with E-state index in [1.165, 1.54) is 54.9 Å². The highest BCUT2D eigenvalue weighted by molar-refractivity contribution is 6.15. The van der Waals surface area contributed by atoms with Crippen LogP contribution in [0.4, 0.5) is 34.1 Å². The summed E-state index contributed by atoms with van der Waals surface area (Å²) < 4.78 is 0. The quantitative estimate of drug-likeness (QED) is 0.136. The average Bonchev–Trinajstić information content (AvgIpc) is 3.31. The number of hydrogen-bond donors (Lipinski definition) is 0. The first-order valence-corrected chi connectivity index (χ1v) is 19.8. The summed E-state index contributed by atoms with van der Waals surface area (Å²) in [5.74, 6) is 0. The van der Waals surface area contributed by atoms with Gasteiger partial charge in [-0.2, -0.15) is 0 Å². The van der Waals surface area contributed by atoms with Gasteiger partial charge in [-0.05, 0) is 116 Å². The standard InChI is InChI=1S/C56H40N2/c1-5-17-41(18-6-1)42-29-33-49(34-30-42)58(47-24-11-4-12-25-47)56-39-45-21-13-14-28-53(45)54-38-37-50(40-55(54)56)57(46-22-9-3-10-23-46)48-35-31-44(32-36-48)52-27-16-15-26-51(52)43-19-7-2-8-20-43/h1-40H. The van der Waals surface area contributed by atoms with Crippen LogP contribution in [0.25, 0.3) is 54.9 Å². The van der Waals surface area contributed by atoms with E-state index in [4.69, 9.17) is 0 Å². The van der Waals surface area contributed by atoms with E-state index in [0.717, 1.165) is 34.1 Å². The number of fused-ring (bicyclic) bond motifs is 3. The predicted octanol–water partition coefficient (Wildman–Crippen LogP) is 15.9. The van der Waals surface area contributed by atoms with E-state index in [-0.39, 0.29) is 0 Å². The second kappa shape index (κ2) is 15.5. The zero-order chi connectivity index (χ0) is 38.7. The minimum absolute atomic E-state index is 1.08. The zero-order valence-corrected chi connectivity index (χ0v) is 32.0. The molecule has 0 spiro atoms. The lowest BCUT2D eigenvalue weighted by Gasteiger charge is -2.29. The first kappa shape index (κ1) is 34.8. The van der Waals surface area contributed by atoms with Crippen molar-refractivity contribution in [3.8, 4) is 33.4 Å². The maximum Gasteiger partial charge on any atom is 0.0547 e. The highest BCUT2D eigenvalue weighted by Gasteiger charge is 2.20. The van der Waals surface area contributed by atoms with Gasteiger partial charge in [0.1, 0.15) is 0 Å². The molecular weight excluding hydrogens is 701 g/mol. The molecule has 10 aromatic rings. The number of anilines is 6. The third kappa shape index (κ3) is 6.67. The summed E-state index contributed by atoms with van der Waals surface area (Å²) >= 11 is 0. The minimum Gasteiger partial charge on any atom is -0.310 e. The molecule has 0 unspecified atom stereocenters. The Morgan fingerprint density at radius 1 is 0.224 bits per heavy atom. The normalized spacial score (nSPS) is 11.1. The first-order chi connectivity index (χ1) is 28.8. The van der Waals surface area contributed by atoms with Crippen LogP contribution in [0.3, 0.4) is 0 Å². The fourth-order valence-electron chi connectivity index (χ4n) is 8.25. The molecule has 10 aromatic carbocycles. The predicted molar refractivity (Wildman–Crippen MR) is 247 cm³/mol. The van der Waals surface area contributed by atoms with Crippen LogP contribution in [0, 0.1) is 0 Å². The van der Waals surface area contributed by atoms with Crippen molar-refractivity contribution in [3.05, 3.63) is 243 Å². The molecule has 0 aliphatic heterocycles. The van der Waals surface area contributed by atoms with Gasteiger partial charge in [0, 0.05) is 33.8 Å². The molecule has 0 N–H and O–H groups in total. The Kier molecular flexibility index (Phi) is 9.27. The van der Waals surface area contributed by atoms with Gasteiger partial charge in [0.15, 0.2) is 0 Å². The minimum atomic E-state index is 1.08. The summed E-state index contributed by atoms with van der Waals surface area (Å²) in [6.45, 7) is 0. The maximum absolute atomic E-state index is 2.40. The Labute approximate surface area is 340 Å². The molecule has 0 aliphatic carbocycles. The summed E-state index contributed by atoms with van der Waals surface area (Å²) in [6, 6.07) is 87.3. The van der Waals surface area contributed by atoms with Crippen LogP contribution in [0.15, 0.2) is 243 Å². The lowest BCUT2D eigenvalue weighted by atomic mass is 9.94. The lowest BCUT2D eigenvalue weighted by molar-refractivity contribution is 1.28. The molecule has 0 saturated carbocycles. The second-order valence-corrected chi connectivity index (χ2v) is 14.6. The Balaban J connectivity index is 1.14. The van der Waals surface area contributed by atoms with E-state index in [2.05, 4.69) is 252 Å². The Hall–Kier alpha value is -7.68. The van der Waals surface area contributed by atoms with Crippen molar-refractivity contribution >= 4 is 55.7 Å². The summed E-state index contributed by atoms with van der Waals surface area (Å²) in [4.78, 5) is 4.77. The monoisotopic (exact) mass is 740 g/mol. The molecular formula is C56H40N2. The molecule has 0 aromatic heterocycles. The molecule has 0 bridgehead atoms. The van der Waals surface area contributed by atoms with Crippen molar-refractivity contribution in [2.24, 2.45) is 0 Å². The summed E-state index contributed by atoms with van der Waals surface area (Å²) in [6.07, 6.45) is 0. The zero-order valence-electron chi connectivity index (χ0n) is 32.0. The van der Waals surface area contributed by atoms with Crippen molar-refractivity contribution in [3.63, 3.8) is 0 Å². The molecule has 274 valence electrons. The van der Waals surface area contributed by atoms with E-state index in [1.54, 1.807) is 0 Å². The van der Waals surface area contributed by atoms with Crippen LogP contribution in [-0.2, 0) is 0 Å². The van der Waals surface area contributed by atoms with Crippen molar-refractivity contribution in [2.75, 3.05) is 9.80 Å². The molecule has 2 heteroatoms. The average molecular weight is 741 g/mol.